The molecule has 0 aliphatic carbocycles. The van der Waals surface area contributed by atoms with Crippen LogP contribution in [0.4, 0.5) is 10.5 Å². The lowest BCUT2D eigenvalue weighted by molar-refractivity contribution is -0.124. The van der Waals surface area contributed by atoms with E-state index in [0.717, 1.165) is 24.1 Å². The third-order valence-electron chi connectivity index (χ3n) is 5.25. The van der Waals surface area contributed by atoms with Crippen LogP contribution in [0.2, 0.25) is 0 Å². The van der Waals surface area contributed by atoms with Crippen molar-refractivity contribution in [3.05, 3.63) is 29.8 Å². The van der Waals surface area contributed by atoms with Gasteiger partial charge in [-0.3, -0.25) is 9.59 Å². The van der Waals surface area contributed by atoms with Crippen LogP contribution in [0.3, 0.4) is 0 Å². The molecule has 1 aromatic carbocycles. The molecule has 7 heteroatoms. The highest BCUT2D eigenvalue weighted by atomic mass is 16.2. The largest absolute Gasteiger partial charge is 0.354 e. The van der Waals surface area contributed by atoms with E-state index >= 15 is 0 Å². The van der Waals surface area contributed by atoms with Crippen molar-refractivity contribution in [1.29, 1.82) is 0 Å². The molecule has 2 aliphatic rings. The molecule has 3 rings (SSSR count). The van der Waals surface area contributed by atoms with E-state index in [1.807, 2.05) is 38.1 Å². The highest BCUT2D eigenvalue weighted by Crippen LogP contribution is 2.27. The van der Waals surface area contributed by atoms with Crippen molar-refractivity contribution in [2.24, 2.45) is 5.92 Å². The van der Waals surface area contributed by atoms with Gasteiger partial charge in [0.15, 0.2) is 0 Å². The maximum Gasteiger partial charge on any atom is 0.319 e. The number of amides is 4. The Balaban J connectivity index is 1.87. The van der Waals surface area contributed by atoms with Crippen LogP contribution in [-0.4, -0.2) is 41.4 Å². The summed E-state index contributed by atoms with van der Waals surface area (Å²) in [6.45, 7) is 4.93. The SMILES string of the molecule is CC[C@H](C)[C@H]1C(=O)Nc2ccccc2CN1C(=O)N[C@H]1CCCNC1=O. The third-order valence-corrected chi connectivity index (χ3v) is 5.25. The monoisotopic (exact) mass is 358 g/mol. The van der Waals surface area contributed by atoms with Gasteiger partial charge in [-0.25, -0.2) is 4.79 Å². The number of anilines is 1. The molecule has 0 saturated carbocycles. The topological polar surface area (TPSA) is 90.5 Å². The van der Waals surface area contributed by atoms with E-state index in [9.17, 15) is 14.4 Å². The van der Waals surface area contributed by atoms with Crippen LogP contribution in [0.1, 0.15) is 38.7 Å². The Bertz CT molecular complexity index is 706. The molecule has 2 heterocycles. The fourth-order valence-corrected chi connectivity index (χ4v) is 3.54. The maximum atomic E-state index is 13.0. The van der Waals surface area contributed by atoms with Crippen LogP contribution < -0.4 is 16.0 Å². The zero-order valence-electron chi connectivity index (χ0n) is 15.2. The summed E-state index contributed by atoms with van der Waals surface area (Å²) < 4.78 is 0. The third kappa shape index (κ3) is 3.66. The standard InChI is InChI=1S/C19H26N4O3/c1-3-12(2)16-18(25)21-14-8-5-4-7-13(14)11-23(16)19(26)22-15-9-6-10-20-17(15)24/h4-5,7-8,12,15-16H,3,6,9-11H2,1-2H3,(H,20,24)(H,21,25)(H,22,26)/t12-,15-,16-/m0/s1. The number of rotatable bonds is 3. The number of fused-ring (bicyclic) bond motifs is 1. The molecule has 1 fully saturated rings. The highest BCUT2D eigenvalue weighted by Gasteiger charge is 2.38. The number of nitrogens with zero attached hydrogens (tertiary/aromatic N) is 1. The minimum absolute atomic E-state index is 0.00440. The number of nitrogens with one attached hydrogen (secondary N) is 3. The van der Waals surface area contributed by atoms with Crippen molar-refractivity contribution in [2.45, 2.75) is 51.7 Å². The van der Waals surface area contributed by atoms with Gasteiger partial charge < -0.3 is 20.9 Å². The second-order valence-corrected chi connectivity index (χ2v) is 7.04. The maximum absolute atomic E-state index is 13.0. The van der Waals surface area contributed by atoms with Crippen LogP contribution in [0.5, 0.6) is 0 Å². The lowest BCUT2D eigenvalue weighted by Gasteiger charge is -2.34. The fourth-order valence-electron chi connectivity index (χ4n) is 3.54. The van der Waals surface area contributed by atoms with Gasteiger partial charge in [-0.2, -0.15) is 0 Å². The van der Waals surface area contributed by atoms with E-state index in [2.05, 4.69) is 16.0 Å². The molecule has 2 aliphatic heterocycles. The number of hydrogen-bond acceptors (Lipinski definition) is 3. The Morgan fingerprint density at radius 2 is 2.08 bits per heavy atom. The van der Waals surface area contributed by atoms with Gasteiger partial charge in [-0.1, -0.05) is 38.5 Å². The highest BCUT2D eigenvalue weighted by molar-refractivity contribution is 5.99. The predicted octanol–water partition coefficient (Wildman–Crippen LogP) is 1.84. The first-order chi connectivity index (χ1) is 12.5. The zero-order chi connectivity index (χ0) is 18.7. The van der Waals surface area contributed by atoms with Gasteiger partial charge in [0.05, 0.1) is 6.54 Å². The number of carbonyl (C=O) groups excluding carboxylic acids is 3. The number of piperidine rings is 1. The summed E-state index contributed by atoms with van der Waals surface area (Å²) in [6, 6.07) is 6.00. The van der Waals surface area contributed by atoms with Gasteiger partial charge in [0, 0.05) is 12.2 Å². The molecule has 0 aromatic heterocycles. The Labute approximate surface area is 153 Å². The van der Waals surface area contributed by atoms with Crippen LogP contribution in [-0.2, 0) is 16.1 Å². The summed E-state index contributed by atoms with van der Waals surface area (Å²) >= 11 is 0. The Morgan fingerprint density at radius 3 is 2.81 bits per heavy atom. The predicted molar refractivity (Wildman–Crippen MR) is 98.4 cm³/mol. The summed E-state index contributed by atoms with van der Waals surface area (Å²) in [5, 5.41) is 8.54. The van der Waals surface area contributed by atoms with Crippen molar-refractivity contribution in [1.82, 2.24) is 15.5 Å². The van der Waals surface area contributed by atoms with Crippen LogP contribution in [0, 0.1) is 5.92 Å². The van der Waals surface area contributed by atoms with Gasteiger partial charge >= 0.3 is 6.03 Å². The fraction of sp³-hybridized carbons (Fsp3) is 0.526. The second kappa shape index (κ2) is 7.76. The molecule has 3 N–H and O–H groups in total. The Morgan fingerprint density at radius 1 is 1.31 bits per heavy atom. The first kappa shape index (κ1) is 18.2. The van der Waals surface area contributed by atoms with Gasteiger partial charge in [0.2, 0.25) is 11.8 Å². The molecule has 3 atom stereocenters. The quantitative estimate of drug-likeness (QED) is 0.770. The molecule has 0 unspecified atom stereocenters. The first-order valence-corrected chi connectivity index (χ1v) is 9.25. The van der Waals surface area contributed by atoms with Crippen molar-refractivity contribution >= 4 is 23.5 Å². The van der Waals surface area contributed by atoms with Gasteiger partial charge in [-0.05, 0) is 30.4 Å². The number of benzene rings is 1. The van der Waals surface area contributed by atoms with E-state index in [-0.39, 0.29) is 23.8 Å². The second-order valence-electron chi connectivity index (χ2n) is 7.04. The van der Waals surface area contributed by atoms with Gasteiger partial charge in [-0.15, -0.1) is 0 Å². The van der Waals surface area contributed by atoms with Crippen molar-refractivity contribution in [3.63, 3.8) is 0 Å². The van der Waals surface area contributed by atoms with E-state index in [4.69, 9.17) is 0 Å². The Kier molecular flexibility index (Phi) is 5.44. The van der Waals surface area contributed by atoms with Crippen molar-refractivity contribution in [2.75, 3.05) is 11.9 Å². The van der Waals surface area contributed by atoms with Crippen molar-refractivity contribution in [3.8, 4) is 0 Å². The number of carbonyl (C=O) groups is 3. The lowest BCUT2D eigenvalue weighted by atomic mass is 9.97. The molecule has 0 bridgehead atoms. The van der Waals surface area contributed by atoms with E-state index in [0.29, 0.717) is 19.5 Å². The molecule has 1 saturated heterocycles. The van der Waals surface area contributed by atoms with Crippen molar-refractivity contribution < 1.29 is 14.4 Å². The number of para-hydroxylation sites is 1. The molecule has 26 heavy (non-hydrogen) atoms. The van der Waals surface area contributed by atoms with Crippen LogP contribution >= 0.6 is 0 Å². The van der Waals surface area contributed by atoms with E-state index < -0.39 is 12.1 Å². The molecular formula is C19H26N4O3. The minimum atomic E-state index is -0.584. The molecule has 140 valence electrons. The summed E-state index contributed by atoms with van der Waals surface area (Å²) in [5.74, 6) is -0.354. The smallest absolute Gasteiger partial charge is 0.319 e. The number of hydrogen-bond donors (Lipinski definition) is 3. The number of urea groups is 1. The first-order valence-electron chi connectivity index (χ1n) is 9.25. The average Bonchev–Trinajstić information content (AvgIpc) is 2.78. The summed E-state index contributed by atoms with van der Waals surface area (Å²) in [6.07, 6.45) is 2.21. The van der Waals surface area contributed by atoms with Gasteiger partial charge in [0.1, 0.15) is 12.1 Å². The Hall–Kier alpha value is -2.57. The molecule has 0 radical (unpaired) electrons. The average molecular weight is 358 g/mol. The minimum Gasteiger partial charge on any atom is -0.354 e. The van der Waals surface area contributed by atoms with Gasteiger partial charge in [0.25, 0.3) is 0 Å². The molecule has 1 aromatic rings. The molecule has 0 spiro atoms. The van der Waals surface area contributed by atoms with Crippen LogP contribution in [0.25, 0.3) is 0 Å². The summed E-state index contributed by atoms with van der Waals surface area (Å²) in [7, 11) is 0. The van der Waals surface area contributed by atoms with E-state index in [1.165, 1.54) is 0 Å². The lowest BCUT2D eigenvalue weighted by Crippen LogP contribution is -2.57. The zero-order valence-corrected chi connectivity index (χ0v) is 15.2. The van der Waals surface area contributed by atoms with Crippen LogP contribution in [0.15, 0.2) is 24.3 Å². The summed E-state index contributed by atoms with van der Waals surface area (Å²) in [4.78, 5) is 39.4. The summed E-state index contributed by atoms with van der Waals surface area (Å²) in [5.41, 5.74) is 1.62. The molecule has 4 amide bonds. The molecule has 7 nitrogen and oxygen atoms in total. The molecular weight excluding hydrogens is 332 g/mol. The normalized spacial score (nSPS) is 24.0. The van der Waals surface area contributed by atoms with E-state index in [1.54, 1.807) is 4.90 Å².